The van der Waals surface area contributed by atoms with E-state index in [4.69, 9.17) is 0 Å². The average Bonchev–Trinajstić information content (AvgIpc) is 2.25. The fraction of sp³-hybridized carbons (Fsp3) is 0.182. The molecule has 0 amide bonds. The first-order valence-corrected chi connectivity index (χ1v) is 6.59. The molecule has 2 rings (SSSR count). The third-order valence-corrected chi connectivity index (χ3v) is 2.51. The van der Waals surface area contributed by atoms with Gasteiger partial charge in [-0.15, -0.1) is 0 Å². The molecular weight excluding hydrogens is 226 g/mol. The van der Waals surface area contributed by atoms with Crippen molar-refractivity contribution in [3.63, 3.8) is 0 Å². The second kappa shape index (κ2) is 4.09. The van der Waals surface area contributed by atoms with Crippen molar-refractivity contribution in [1.29, 1.82) is 0 Å². The van der Waals surface area contributed by atoms with Crippen molar-refractivity contribution in [2.24, 2.45) is 5.16 Å². The van der Waals surface area contributed by atoms with Crippen molar-refractivity contribution in [3.05, 3.63) is 41.5 Å². The third-order valence-electron chi connectivity index (χ3n) is 2.16. The van der Waals surface area contributed by atoms with Gasteiger partial charge in [-0.1, -0.05) is 41.6 Å². The zero-order valence-corrected chi connectivity index (χ0v) is 9.57. The maximum absolute atomic E-state index is 10.8. The highest BCUT2D eigenvalue weighted by molar-refractivity contribution is 7.85. The zero-order chi connectivity index (χ0) is 11.6. The molecule has 1 aliphatic rings. The van der Waals surface area contributed by atoms with Gasteiger partial charge in [0, 0.05) is 12.0 Å². The van der Waals surface area contributed by atoms with E-state index in [0.717, 1.165) is 17.4 Å². The number of nitrogens with zero attached hydrogens (tertiary/aromatic N) is 1. The molecule has 1 aliphatic carbocycles. The van der Waals surface area contributed by atoms with E-state index < -0.39 is 10.1 Å². The van der Waals surface area contributed by atoms with Gasteiger partial charge in [0.05, 0.1) is 12.0 Å². The predicted molar refractivity (Wildman–Crippen MR) is 62.6 cm³/mol. The standard InChI is InChI=1S/C11H11NO3S/c1-16(13,14)15-12-11-8-4-6-9-5-2-3-7-10(9)11/h2-7H,8H2,1H3. The monoisotopic (exact) mass is 237 g/mol. The van der Waals surface area contributed by atoms with Crippen LogP contribution in [0.3, 0.4) is 0 Å². The molecule has 0 bridgehead atoms. The Labute approximate surface area is 94.4 Å². The fourth-order valence-corrected chi connectivity index (χ4v) is 1.74. The first-order valence-electron chi connectivity index (χ1n) is 4.78. The Bertz CT molecular complexity index is 558. The molecule has 0 N–H and O–H groups in total. The highest BCUT2D eigenvalue weighted by Gasteiger charge is 2.12. The largest absolute Gasteiger partial charge is 0.325 e. The fourth-order valence-electron chi connectivity index (χ4n) is 1.51. The molecular formula is C11H11NO3S. The molecule has 84 valence electrons. The van der Waals surface area contributed by atoms with Crippen LogP contribution in [0.2, 0.25) is 0 Å². The lowest BCUT2D eigenvalue weighted by Crippen LogP contribution is -2.08. The normalized spacial score (nSPS) is 17.2. The molecule has 0 unspecified atom stereocenters. The van der Waals surface area contributed by atoms with Gasteiger partial charge in [-0.2, -0.15) is 8.42 Å². The number of fused-ring (bicyclic) bond motifs is 1. The highest BCUT2D eigenvalue weighted by atomic mass is 32.2. The van der Waals surface area contributed by atoms with Crippen molar-refractivity contribution >= 4 is 21.9 Å². The Morgan fingerprint density at radius 1 is 1.31 bits per heavy atom. The predicted octanol–water partition coefficient (Wildman–Crippen LogP) is 1.78. The summed E-state index contributed by atoms with van der Waals surface area (Å²) in [5.41, 5.74) is 2.56. The van der Waals surface area contributed by atoms with Gasteiger partial charge in [0.2, 0.25) is 0 Å². The molecule has 0 radical (unpaired) electrons. The summed E-state index contributed by atoms with van der Waals surface area (Å²) in [5.74, 6) is 0. The summed E-state index contributed by atoms with van der Waals surface area (Å²) in [6.07, 6.45) is 5.45. The second-order valence-corrected chi connectivity index (χ2v) is 5.07. The number of benzene rings is 1. The van der Waals surface area contributed by atoms with Gasteiger partial charge in [-0.05, 0) is 5.56 Å². The van der Waals surface area contributed by atoms with Crippen LogP contribution in [0.1, 0.15) is 17.5 Å². The summed E-state index contributed by atoms with van der Waals surface area (Å²) >= 11 is 0. The van der Waals surface area contributed by atoms with E-state index in [1.807, 2.05) is 36.4 Å². The Morgan fingerprint density at radius 2 is 2.06 bits per heavy atom. The van der Waals surface area contributed by atoms with E-state index in [2.05, 4.69) is 9.44 Å². The Morgan fingerprint density at radius 3 is 2.81 bits per heavy atom. The van der Waals surface area contributed by atoms with Crippen molar-refractivity contribution in [2.75, 3.05) is 6.26 Å². The molecule has 0 saturated carbocycles. The SMILES string of the molecule is CS(=O)(=O)ON=C1CC=Cc2ccccc21. The molecule has 1 aromatic rings. The maximum atomic E-state index is 10.8. The van der Waals surface area contributed by atoms with Gasteiger partial charge in [0.15, 0.2) is 0 Å². The lowest BCUT2D eigenvalue weighted by atomic mass is 9.96. The van der Waals surface area contributed by atoms with Crippen LogP contribution >= 0.6 is 0 Å². The number of rotatable bonds is 2. The van der Waals surface area contributed by atoms with Crippen molar-refractivity contribution in [3.8, 4) is 0 Å². The van der Waals surface area contributed by atoms with Crippen LogP contribution in [0.4, 0.5) is 0 Å². The number of hydrogen-bond acceptors (Lipinski definition) is 4. The van der Waals surface area contributed by atoms with Crippen LogP contribution in [0.25, 0.3) is 6.08 Å². The van der Waals surface area contributed by atoms with Crippen molar-refractivity contribution in [2.45, 2.75) is 6.42 Å². The number of oxime groups is 1. The minimum Gasteiger partial charge on any atom is -0.268 e. The average molecular weight is 237 g/mol. The van der Waals surface area contributed by atoms with E-state index in [-0.39, 0.29) is 0 Å². The molecule has 0 aliphatic heterocycles. The maximum Gasteiger partial charge on any atom is 0.325 e. The molecule has 1 aromatic carbocycles. The summed E-state index contributed by atoms with van der Waals surface area (Å²) in [4.78, 5) is 0. The molecule has 0 spiro atoms. The molecule has 0 atom stereocenters. The first-order chi connectivity index (χ1) is 7.56. The summed E-state index contributed by atoms with van der Waals surface area (Å²) in [6.45, 7) is 0. The lowest BCUT2D eigenvalue weighted by Gasteiger charge is -2.11. The number of allylic oxidation sites excluding steroid dienone is 1. The second-order valence-electron chi connectivity index (χ2n) is 3.51. The summed E-state index contributed by atoms with van der Waals surface area (Å²) in [6, 6.07) is 7.64. The zero-order valence-electron chi connectivity index (χ0n) is 8.75. The van der Waals surface area contributed by atoms with Crippen LogP contribution < -0.4 is 0 Å². The van der Waals surface area contributed by atoms with Gasteiger partial charge in [-0.25, -0.2) is 0 Å². The highest BCUT2D eigenvalue weighted by Crippen LogP contribution is 2.19. The van der Waals surface area contributed by atoms with Crippen LogP contribution in [0, 0.1) is 0 Å². The van der Waals surface area contributed by atoms with E-state index in [0.29, 0.717) is 12.1 Å². The topological polar surface area (TPSA) is 55.7 Å². The van der Waals surface area contributed by atoms with E-state index in [9.17, 15) is 8.42 Å². The van der Waals surface area contributed by atoms with E-state index in [1.165, 1.54) is 0 Å². The molecule has 5 heteroatoms. The van der Waals surface area contributed by atoms with Gasteiger partial charge in [-0.3, -0.25) is 4.28 Å². The smallest absolute Gasteiger partial charge is 0.268 e. The Hall–Kier alpha value is -1.62. The third kappa shape index (κ3) is 2.49. The molecule has 0 saturated heterocycles. The van der Waals surface area contributed by atoms with Crippen LogP contribution in [-0.4, -0.2) is 20.4 Å². The summed E-state index contributed by atoms with van der Waals surface area (Å²) in [7, 11) is -3.54. The van der Waals surface area contributed by atoms with Crippen molar-refractivity contribution in [1.82, 2.24) is 0 Å². The molecule has 0 heterocycles. The first kappa shape index (κ1) is 10.9. The van der Waals surface area contributed by atoms with Gasteiger partial charge in [0.1, 0.15) is 0 Å². The van der Waals surface area contributed by atoms with Gasteiger partial charge in [0.25, 0.3) is 0 Å². The molecule has 4 nitrogen and oxygen atoms in total. The van der Waals surface area contributed by atoms with E-state index in [1.54, 1.807) is 0 Å². The minimum absolute atomic E-state index is 0.576. The van der Waals surface area contributed by atoms with Crippen LogP contribution in [-0.2, 0) is 14.4 Å². The van der Waals surface area contributed by atoms with Gasteiger partial charge >= 0.3 is 10.1 Å². The summed E-state index contributed by atoms with van der Waals surface area (Å²) < 4.78 is 26.1. The van der Waals surface area contributed by atoms with Crippen LogP contribution in [0.15, 0.2) is 35.5 Å². The Kier molecular flexibility index (Phi) is 2.78. The molecule has 0 aromatic heterocycles. The quantitative estimate of drug-likeness (QED) is 0.737. The minimum atomic E-state index is -3.54. The van der Waals surface area contributed by atoms with Gasteiger partial charge < -0.3 is 0 Å². The molecule has 16 heavy (non-hydrogen) atoms. The summed E-state index contributed by atoms with van der Waals surface area (Å²) in [5, 5.41) is 3.67. The molecule has 0 fully saturated rings. The number of hydrogen-bond donors (Lipinski definition) is 0. The van der Waals surface area contributed by atoms with Crippen LogP contribution in [0.5, 0.6) is 0 Å². The van der Waals surface area contributed by atoms with Crippen molar-refractivity contribution < 1.29 is 12.7 Å². The lowest BCUT2D eigenvalue weighted by molar-refractivity contribution is 0.342. The van der Waals surface area contributed by atoms with E-state index >= 15 is 0 Å². The Balaban J connectivity index is 2.36.